The van der Waals surface area contributed by atoms with Crippen LogP contribution < -0.4 is 5.32 Å². The minimum Gasteiger partial charge on any atom is -0.326 e. The van der Waals surface area contributed by atoms with E-state index >= 15 is 0 Å². The molecule has 2 aromatic rings. The fraction of sp³-hybridized carbons (Fsp3) is 0.381. The molecule has 1 N–H and O–H groups in total. The molecule has 120 valence electrons. The maximum absolute atomic E-state index is 11.1. The van der Waals surface area contributed by atoms with Gasteiger partial charge in [0.25, 0.3) is 0 Å². The molecule has 1 saturated carbocycles. The first-order valence-electron chi connectivity index (χ1n) is 8.60. The number of hydrogen-bond acceptors (Lipinski definition) is 1. The van der Waals surface area contributed by atoms with E-state index < -0.39 is 0 Å². The number of carbonyl (C=O) groups excluding carboxylic acids is 1. The molecule has 0 bridgehead atoms. The molecular weight excluding hydrogens is 282 g/mol. The number of rotatable bonds is 3. The molecule has 2 nitrogen and oxygen atoms in total. The average molecular weight is 307 g/mol. The summed E-state index contributed by atoms with van der Waals surface area (Å²) in [5.74, 6) is 1.60. The van der Waals surface area contributed by atoms with Gasteiger partial charge in [-0.25, -0.2) is 0 Å². The second-order valence-corrected chi connectivity index (χ2v) is 6.84. The molecule has 2 aromatic carbocycles. The first kappa shape index (κ1) is 15.8. The quantitative estimate of drug-likeness (QED) is 0.785. The lowest BCUT2D eigenvalue weighted by Gasteiger charge is -2.26. The van der Waals surface area contributed by atoms with Crippen molar-refractivity contribution in [1.29, 1.82) is 0 Å². The van der Waals surface area contributed by atoms with Crippen LogP contribution in [0.3, 0.4) is 0 Å². The summed E-state index contributed by atoms with van der Waals surface area (Å²) in [4.78, 5) is 11.1. The number of anilines is 1. The third kappa shape index (κ3) is 4.01. The van der Waals surface area contributed by atoms with Gasteiger partial charge in [-0.15, -0.1) is 0 Å². The van der Waals surface area contributed by atoms with Crippen LogP contribution in [-0.4, -0.2) is 5.91 Å². The van der Waals surface area contributed by atoms with Crippen molar-refractivity contribution in [3.8, 4) is 11.1 Å². The minimum atomic E-state index is -0.0381. The molecule has 0 atom stereocenters. The zero-order chi connectivity index (χ0) is 16.2. The Labute approximate surface area is 138 Å². The first-order valence-corrected chi connectivity index (χ1v) is 8.60. The number of carbonyl (C=O) groups is 1. The summed E-state index contributed by atoms with van der Waals surface area (Å²) in [6, 6.07) is 17.0. The Hall–Kier alpha value is -2.09. The van der Waals surface area contributed by atoms with E-state index in [1.165, 1.54) is 49.3 Å². The van der Waals surface area contributed by atoms with Crippen molar-refractivity contribution in [3.05, 3.63) is 54.1 Å². The first-order chi connectivity index (χ1) is 11.1. The van der Waals surface area contributed by atoms with Crippen LogP contribution in [0.4, 0.5) is 5.69 Å². The molecule has 1 aliphatic carbocycles. The van der Waals surface area contributed by atoms with Crippen molar-refractivity contribution in [1.82, 2.24) is 0 Å². The van der Waals surface area contributed by atoms with Gasteiger partial charge in [-0.2, -0.15) is 0 Å². The lowest BCUT2D eigenvalue weighted by atomic mass is 9.79. The van der Waals surface area contributed by atoms with Crippen LogP contribution in [0, 0.1) is 5.92 Å². The Morgan fingerprint density at radius 2 is 1.39 bits per heavy atom. The van der Waals surface area contributed by atoms with Crippen LogP contribution >= 0.6 is 0 Å². The fourth-order valence-corrected chi connectivity index (χ4v) is 3.49. The number of nitrogens with one attached hydrogen (secondary N) is 1. The van der Waals surface area contributed by atoms with Gasteiger partial charge in [0.15, 0.2) is 0 Å². The molecule has 0 saturated heterocycles. The fourth-order valence-electron chi connectivity index (χ4n) is 3.49. The maximum Gasteiger partial charge on any atom is 0.221 e. The van der Waals surface area contributed by atoms with Gasteiger partial charge in [0.05, 0.1) is 0 Å². The van der Waals surface area contributed by atoms with Crippen molar-refractivity contribution in [2.45, 2.75) is 45.4 Å². The van der Waals surface area contributed by atoms with Crippen LogP contribution in [0.5, 0.6) is 0 Å². The van der Waals surface area contributed by atoms with Crippen LogP contribution in [0.25, 0.3) is 11.1 Å². The predicted molar refractivity (Wildman–Crippen MR) is 96.6 cm³/mol. The van der Waals surface area contributed by atoms with Gasteiger partial charge in [-0.3, -0.25) is 4.79 Å². The molecule has 0 radical (unpaired) electrons. The largest absolute Gasteiger partial charge is 0.326 e. The summed E-state index contributed by atoms with van der Waals surface area (Å²) in [5, 5.41) is 2.80. The number of amides is 1. The van der Waals surface area contributed by atoms with Crippen molar-refractivity contribution in [2.75, 3.05) is 5.32 Å². The Morgan fingerprint density at radius 3 is 1.91 bits per heavy atom. The van der Waals surface area contributed by atoms with Crippen molar-refractivity contribution in [2.24, 2.45) is 5.92 Å². The van der Waals surface area contributed by atoms with Crippen LogP contribution in [0.15, 0.2) is 48.5 Å². The average Bonchev–Trinajstić information content (AvgIpc) is 2.56. The monoisotopic (exact) mass is 307 g/mol. The standard InChI is InChI=1S/C21H25NO/c1-15-3-5-17(6-4-15)18-7-9-19(10-8-18)20-11-13-21(14-12-20)22-16(2)23/h7-15,17H,3-6H2,1-2H3,(H,22,23). The van der Waals surface area contributed by atoms with Gasteiger partial charge in [0, 0.05) is 12.6 Å². The van der Waals surface area contributed by atoms with Crippen molar-refractivity contribution < 1.29 is 4.79 Å². The predicted octanol–water partition coefficient (Wildman–Crippen LogP) is 5.61. The Balaban J connectivity index is 1.70. The minimum absolute atomic E-state index is 0.0381. The molecule has 1 amide bonds. The highest BCUT2D eigenvalue weighted by atomic mass is 16.1. The summed E-state index contributed by atoms with van der Waals surface area (Å²) in [5.41, 5.74) is 4.74. The van der Waals surface area contributed by atoms with E-state index in [1.54, 1.807) is 0 Å². The highest BCUT2D eigenvalue weighted by molar-refractivity contribution is 5.89. The zero-order valence-corrected chi connectivity index (χ0v) is 14.0. The second kappa shape index (κ2) is 6.99. The Kier molecular flexibility index (Phi) is 4.80. The number of hydrogen-bond donors (Lipinski definition) is 1. The summed E-state index contributed by atoms with van der Waals surface area (Å²) < 4.78 is 0. The lowest BCUT2D eigenvalue weighted by Crippen LogP contribution is -2.10. The maximum atomic E-state index is 11.1. The molecule has 1 aliphatic rings. The van der Waals surface area contributed by atoms with Gasteiger partial charge >= 0.3 is 0 Å². The molecule has 0 unspecified atom stereocenters. The molecule has 0 aromatic heterocycles. The van der Waals surface area contributed by atoms with E-state index in [1.807, 2.05) is 12.1 Å². The van der Waals surface area contributed by atoms with Crippen LogP contribution in [0.1, 0.15) is 51.0 Å². The lowest BCUT2D eigenvalue weighted by molar-refractivity contribution is -0.114. The van der Waals surface area contributed by atoms with E-state index in [9.17, 15) is 4.79 Å². The normalized spacial score (nSPS) is 21.0. The Bertz CT molecular complexity index is 649. The van der Waals surface area contributed by atoms with Gasteiger partial charge in [0.2, 0.25) is 5.91 Å². The smallest absolute Gasteiger partial charge is 0.221 e. The highest BCUT2D eigenvalue weighted by Crippen LogP contribution is 2.36. The van der Waals surface area contributed by atoms with Crippen LogP contribution in [-0.2, 0) is 4.79 Å². The van der Waals surface area contributed by atoms with Gasteiger partial charge < -0.3 is 5.32 Å². The molecule has 2 heteroatoms. The highest BCUT2D eigenvalue weighted by Gasteiger charge is 2.19. The van der Waals surface area contributed by atoms with Gasteiger partial charge in [-0.05, 0) is 53.5 Å². The van der Waals surface area contributed by atoms with Crippen molar-refractivity contribution >= 4 is 11.6 Å². The van der Waals surface area contributed by atoms with E-state index in [-0.39, 0.29) is 5.91 Å². The number of benzene rings is 2. The molecule has 1 fully saturated rings. The zero-order valence-electron chi connectivity index (χ0n) is 14.0. The van der Waals surface area contributed by atoms with E-state index in [0.717, 1.165) is 17.5 Å². The van der Waals surface area contributed by atoms with Gasteiger partial charge in [-0.1, -0.05) is 56.2 Å². The van der Waals surface area contributed by atoms with Gasteiger partial charge in [0.1, 0.15) is 0 Å². The molecule has 3 rings (SSSR count). The third-order valence-corrected chi connectivity index (χ3v) is 4.94. The Morgan fingerprint density at radius 1 is 0.870 bits per heavy atom. The molecular formula is C21H25NO. The van der Waals surface area contributed by atoms with E-state index in [2.05, 4.69) is 48.6 Å². The topological polar surface area (TPSA) is 29.1 Å². The summed E-state index contributed by atoms with van der Waals surface area (Å²) >= 11 is 0. The molecule has 0 heterocycles. The second-order valence-electron chi connectivity index (χ2n) is 6.84. The third-order valence-electron chi connectivity index (χ3n) is 4.94. The van der Waals surface area contributed by atoms with Crippen molar-refractivity contribution in [3.63, 3.8) is 0 Å². The summed E-state index contributed by atoms with van der Waals surface area (Å²) in [6.07, 6.45) is 5.37. The molecule has 0 spiro atoms. The molecule has 0 aliphatic heterocycles. The summed E-state index contributed by atoms with van der Waals surface area (Å²) in [7, 11) is 0. The van der Waals surface area contributed by atoms with E-state index in [4.69, 9.17) is 0 Å². The summed E-state index contributed by atoms with van der Waals surface area (Å²) in [6.45, 7) is 3.89. The molecule has 23 heavy (non-hydrogen) atoms. The van der Waals surface area contributed by atoms with Crippen LogP contribution in [0.2, 0.25) is 0 Å². The SMILES string of the molecule is CC(=O)Nc1ccc(-c2ccc(C3CCC(C)CC3)cc2)cc1. The van der Waals surface area contributed by atoms with E-state index in [0.29, 0.717) is 0 Å².